The molecule has 5 nitrogen and oxygen atoms in total. The number of hydrogen-bond acceptors (Lipinski definition) is 5. The van der Waals surface area contributed by atoms with E-state index in [2.05, 4.69) is 36.3 Å². The van der Waals surface area contributed by atoms with E-state index in [4.69, 9.17) is 5.73 Å². The lowest BCUT2D eigenvalue weighted by molar-refractivity contribution is -0.274. The van der Waals surface area contributed by atoms with E-state index in [-0.39, 0.29) is 17.7 Å². The Hall–Kier alpha value is -2.52. The highest BCUT2D eigenvalue weighted by Crippen LogP contribution is 2.42. The molecule has 0 atom stereocenters. The van der Waals surface area contributed by atoms with Crippen molar-refractivity contribution in [3.05, 3.63) is 58.1 Å². The molecular formula is C24H26BrF3N4O. The van der Waals surface area contributed by atoms with Gasteiger partial charge in [0, 0.05) is 40.6 Å². The first-order valence-corrected chi connectivity index (χ1v) is 11.7. The number of nitrogens with zero attached hydrogens (tertiary/aromatic N) is 1. The van der Waals surface area contributed by atoms with Crippen LogP contribution in [0.1, 0.15) is 42.7 Å². The summed E-state index contributed by atoms with van der Waals surface area (Å²) >= 11 is 3.20. The van der Waals surface area contributed by atoms with Crippen molar-refractivity contribution < 1.29 is 17.9 Å². The number of hydrogen-bond donors (Lipinski definition) is 3. The average molecular weight is 523 g/mol. The quantitative estimate of drug-likeness (QED) is 0.352. The highest BCUT2D eigenvalue weighted by molar-refractivity contribution is 9.10. The van der Waals surface area contributed by atoms with Crippen molar-refractivity contribution >= 4 is 38.3 Å². The van der Waals surface area contributed by atoms with Gasteiger partial charge in [0.25, 0.3) is 0 Å². The van der Waals surface area contributed by atoms with Gasteiger partial charge >= 0.3 is 6.36 Å². The van der Waals surface area contributed by atoms with Gasteiger partial charge in [-0.1, -0.05) is 40.2 Å². The number of ether oxygens (including phenoxy) is 1. The third-order valence-electron chi connectivity index (χ3n) is 6.18. The molecule has 2 aromatic carbocycles. The monoisotopic (exact) mass is 522 g/mol. The van der Waals surface area contributed by atoms with Crippen LogP contribution >= 0.6 is 15.9 Å². The normalized spacial score (nSPS) is 18.9. The Morgan fingerprint density at radius 3 is 2.55 bits per heavy atom. The second-order valence-electron chi connectivity index (χ2n) is 8.28. The van der Waals surface area contributed by atoms with Gasteiger partial charge in [-0.05, 0) is 49.8 Å². The molecule has 33 heavy (non-hydrogen) atoms. The summed E-state index contributed by atoms with van der Waals surface area (Å²) < 4.78 is 43.0. The van der Waals surface area contributed by atoms with E-state index < -0.39 is 6.36 Å². The first-order valence-electron chi connectivity index (χ1n) is 10.9. The van der Waals surface area contributed by atoms with Crippen LogP contribution in [0.25, 0.3) is 10.9 Å². The smallest absolute Gasteiger partial charge is 0.405 e. The maximum atomic E-state index is 12.8. The van der Waals surface area contributed by atoms with E-state index in [1.165, 1.54) is 6.07 Å². The topological polar surface area (TPSA) is 72.2 Å². The number of pyridine rings is 1. The van der Waals surface area contributed by atoms with Crippen LogP contribution in [-0.2, 0) is 6.54 Å². The van der Waals surface area contributed by atoms with Gasteiger partial charge in [-0.15, -0.1) is 13.2 Å². The van der Waals surface area contributed by atoms with Crippen molar-refractivity contribution in [1.29, 1.82) is 0 Å². The molecule has 0 aliphatic heterocycles. The maximum absolute atomic E-state index is 12.8. The molecule has 3 aromatic rings. The highest BCUT2D eigenvalue weighted by Gasteiger charge is 2.32. The minimum absolute atomic E-state index is 0.188. The Bertz CT molecular complexity index is 1130. The van der Waals surface area contributed by atoms with Gasteiger partial charge in [-0.2, -0.15) is 0 Å². The largest absolute Gasteiger partial charge is 0.573 e. The lowest BCUT2D eigenvalue weighted by Gasteiger charge is -2.31. The maximum Gasteiger partial charge on any atom is 0.573 e. The van der Waals surface area contributed by atoms with Gasteiger partial charge < -0.3 is 21.1 Å². The molecule has 0 unspecified atom stereocenters. The summed E-state index contributed by atoms with van der Waals surface area (Å²) in [4.78, 5) is 4.61. The van der Waals surface area contributed by atoms with Gasteiger partial charge in [0.1, 0.15) is 11.6 Å². The minimum Gasteiger partial charge on any atom is -0.405 e. The molecule has 1 fully saturated rings. The number of nitrogens with one attached hydrogen (secondary N) is 2. The molecule has 1 aliphatic carbocycles. The summed E-state index contributed by atoms with van der Waals surface area (Å²) in [6.07, 6.45) is -1.10. The number of rotatable bonds is 6. The molecule has 0 radical (unpaired) electrons. The summed E-state index contributed by atoms with van der Waals surface area (Å²) in [6.45, 7) is 0.301. The van der Waals surface area contributed by atoms with Crippen LogP contribution in [0.3, 0.4) is 0 Å². The average Bonchev–Trinajstić information content (AvgIpc) is 2.77. The van der Waals surface area contributed by atoms with Gasteiger partial charge in [-0.3, -0.25) is 0 Å². The molecule has 176 valence electrons. The fraction of sp³-hybridized carbons (Fsp3) is 0.375. The van der Waals surface area contributed by atoms with E-state index in [1.54, 1.807) is 12.1 Å². The molecule has 4 rings (SSSR count). The Labute approximate surface area is 199 Å². The number of nitrogens with two attached hydrogens (primary N) is 1. The number of anilines is 2. The Balaban J connectivity index is 1.43. The van der Waals surface area contributed by atoms with Crippen LogP contribution in [0.2, 0.25) is 0 Å². The summed E-state index contributed by atoms with van der Waals surface area (Å²) in [5, 5.41) is 7.77. The second kappa shape index (κ2) is 9.77. The molecule has 1 aliphatic rings. The van der Waals surface area contributed by atoms with Gasteiger partial charge in [-0.25, -0.2) is 4.98 Å². The summed E-state index contributed by atoms with van der Waals surface area (Å²) in [7, 11) is 1.90. The van der Waals surface area contributed by atoms with Crippen molar-refractivity contribution in [2.24, 2.45) is 0 Å². The van der Waals surface area contributed by atoms with Crippen molar-refractivity contribution in [3.63, 3.8) is 0 Å². The Kier molecular flexibility index (Phi) is 6.99. The predicted molar refractivity (Wildman–Crippen MR) is 128 cm³/mol. The zero-order valence-corrected chi connectivity index (χ0v) is 19.8. The number of aromatic nitrogens is 1. The van der Waals surface area contributed by atoms with E-state index >= 15 is 0 Å². The number of benzene rings is 2. The standard InChI is InChI=1S/C24H26BrF3N4O/c1-30-22-18-4-2-3-5-19(18)32-23(29)21(22)14-7-10-17(11-8-14)31-13-15-6-9-16(25)12-20(15)33-24(26,27)28/h2-6,9,12,14,17,31H,7-8,10-11,13H2,1H3,(H3,29,30,32)/t14-,17+. The minimum atomic E-state index is -4.73. The number of nitrogen functional groups attached to an aromatic ring is 1. The third kappa shape index (κ3) is 5.52. The van der Waals surface area contributed by atoms with Gasteiger partial charge in [0.05, 0.1) is 11.2 Å². The van der Waals surface area contributed by atoms with E-state index in [9.17, 15) is 13.2 Å². The Morgan fingerprint density at radius 2 is 1.85 bits per heavy atom. The first-order chi connectivity index (χ1) is 15.7. The van der Waals surface area contributed by atoms with Gasteiger partial charge in [0.15, 0.2) is 0 Å². The van der Waals surface area contributed by atoms with Crippen LogP contribution in [0, 0.1) is 0 Å². The summed E-state index contributed by atoms with van der Waals surface area (Å²) in [6, 6.07) is 12.8. The van der Waals surface area contributed by atoms with E-state index in [1.807, 2.05) is 31.3 Å². The third-order valence-corrected chi connectivity index (χ3v) is 6.67. The van der Waals surface area contributed by atoms with Crippen molar-refractivity contribution in [3.8, 4) is 5.75 Å². The summed E-state index contributed by atoms with van der Waals surface area (Å²) in [5.74, 6) is 0.643. The zero-order valence-electron chi connectivity index (χ0n) is 18.2. The molecule has 1 aromatic heterocycles. The first kappa shape index (κ1) is 23.6. The van der Waals surface area contributed by atoms with Crippen molar-refractivity contribution in [2.75, 3.05) is 18.1 Å². The molecule has 1 saturated carbocycles. The molecule has 1 heterocycles. The number of fused-ring (bicyclic) bond motifs is 1. The molecule has 9 heteroatoms. The fourth-order valence-corrected chi connectivity index (χ4v) is 5.00. The molecule has 0 amide bonds. The zero-order chi connectivity index (χ0) is 23.6. The molecule has 4 N–H and O–H groups in total. The van der Waals surface area contributed by atoms with Crippen LogP contribution < -0.4 is 21.1 Å². The van der Waals surface area contributed by atoms with Gasteiger partial charge in [0.2, 0.25) is 0 Å². The van der Waals surface area contributed by atoms with E-state index in [0.29, 0.717) is 22.4 Å². The SMILES string of the molecule is CNc1c2ccccc2nc(N)c1[C@H]1CC[C@@H](NCc2ccc(Br)cc2OC(F)(F)F)CC1. The van der Waals surface area contributed by atoms with E-state index in [0.717, 1.165) is 47.8 Å². The number of para-hydroxylation sites is 1. The molecule has 0 saturated heterocycles. The van der Waals surface area contributed by atoms with Crippen LogP contribution in [0.4, 0.5) is 24.7 Å². The molecule has 0 bridgehead atoms. The fourth-order valence-electron chi connectivity index (χ4n) is 4.66. The van der Waals surface area contributed by atoms with Crippen molar-refractivity contribution in [1.82, 2.24) is 10.3 Å². The number of alkyl halides is 3. The predicted octanol–water partition coefficient (Wildman–Crippen LogP) is 6.34. The summed E-state index contributed by atoms with van der Waals surface area (Å²) in [5.41, 5.74) is 9.79. The van der Waals surface area contributed by atoms with Crippen LogP contribution in [0.15, 0.2) is 46.9 Å². The highest BCUT2D eigenvalue weighted by atomic mass is 79.9. The molecular weight excluding hydrogens is 497 g/mol. The lowest BCUT2D eigenvalue weighted by atomic mass is 9.80. The number of halogens is 4. The van der Waals surface area contributed by atoms with Crippen LogP contribution in [0.5, 0.6) is 5.75 Å². The van der Waals surface area contributed by atoms with Crippen molar-refractivity contribution in [2.45, 2.75) is 50.6 Å². The second-order valence-corrected chi connectivity index (χ2v) is 9.20. The molecule has 0 spiro atoms. The van der Waals surface area contributed by atoms with Crippen LogP contribution in [-0.4, -0.2) is 24.4 Å². The lowest BCUT2D eigenvalue weighted by Crippen LogP contribution is -2.33. The Morgan fingerprint density at radius 1 is 1.12 bits per heavy atom.